The van der Waals surface area contributed by atoms with E-state index in [0.29, 0.717) is 13.0 Å². The maximum absolute atomic E-state index is 10.9. The van der Waals surface area contributed by atoms with Crippen molar-refractivity contribution in [1.82, 2.24) is 0 Å². The van der Waals surface area contributed by atoms with Gasteiger partial charge in [-0.05, 0) is 24.6 Å². The van der Waals surface area contributed by atoms with Crippen LogP contribution >= 0.6 is 0 Å². The van der Waals surface area contributed by atoms with Gasteiger partial charge in [0.25, 0.3) is 10.1 Å². The molecule has 0 unspecified atom stereocenters. The van der Waals surface area contributed by atoms with Crippen LogP contribution in [0.1, 0.15) is 12.0 Å². The zero-order valence-electron chi connectivity index (χ0n) is 12.4. The minimum Gasteiger partial charge on any atom is -0.286 e. The van der Waals surface area contributed by atoms with Crippen molar-refractivity contribution in [1.29, 1.82) is 0 Å². The van der Waals surface area contributed by atoms with Gasteiger partial charge in [0, 0.05) is 29.3 Å². The van der Waals surface area contributed by atoms with E-state index in [-0.39, 0.29) is 5.75 Å². The summed E-state index contributed by atoms with van der Waals surface area (Å²) in [5, 5.41) is 2.32. The molecule has 4 nitrogen and oxygen atoms in total. The molecule has 0 atom stereocenters. The normalized spacial score (nSPS) is 12.1. The van der Waals surface area contributed by atoms with Crippen molar-refractivity contribution < 1.29 is 17.5 Å². The SMILES string of the molecule is Cc1c2ccccc2[n+](CCCS(=O)(=O)O)c2ccccc12. The zero-order chi connectivity index (χ0) is 15.7. The number of hydrogen-bond donors (Lipinski definition) is 1. The molecule has 0 aliphatic carbocycles. The number of hydrogen-bond acceptors (Lipinski definition) is 2. The van der Waals surface area contributed by atoms with Crippen molar-refractivity contribution in [3.05, 3.63) is 54.1 Å². The number of aromatic nitrogens is 1. The second-order valence-electron chi connectivity index (χ2n) is 5.45. The Hall–Kier alpha value is -1.98. The van der Waals surface area contributed by atoms with Crippen LogP contribution in [0, 0.1) is 6.92 Å². The molecule has 0 bridgehead atoms. The molecule has 5 heteroatoms. The second-order valence-corrected chi connectivity index (χ2v) is 7.02. The van der Waals surface area contributed by atoms with Gasteiger partial charge >= 0.3 is 0 Å². The number of benzene rings is 2. The van der Waals surface area contributed by atoms with Crippen molar-refractivity contribution in [2.45, 2.75) is 19.9 Å². The van der Waals surface area contributed by atoms with E-state index in [4.69, 9.17) is 4.55 Å². The summed E-state index contributed by atoms with van der Waals surface area (Å²) in [6, 6.07) is 16.2. The van der Waals surface area contributed by atoms with Gasteiger partial charge in [0.1, 0.15) is 0 Å². The van der Waals surface area contributed by atoms with Gasteiger partial charge in [0.2, 0.25) is 11.0 Å². The van der Waals surface area contributed by atoms with E-state index in [9.17, 15) is 8.42 Å². The summed E-state index contributed by atoms with van der Waals surface area (Å²) in [6.07, 6.45) is 0.376. The molecule has 22 heavy (non-hydrogen) atoms. The van der Waals surface area contributed by atoms with Crippen molar-refractivity contribution in [3.8, 4) is 0 Å². The van der Waals surface area contributed by atoms with Gasteiger partial charge in [-0.2, -0.15) is 13.0 Å². The number of rotatable bonds is 4. The average molecular weight is 316 g/mol. The first-order valence-corrected chi connectivity index (χ1v) is 8.83. The Kier molecular flexibility index (Phi) is 3.85. The zero-order valence-corrected chi connectivity index (χ0v) is 13.2. The highest BCUT2D eigenvalue weighted by Gasteiger charge is 2.18. The topological polar surface area (TPSA) is 58.2 Å². The summed E-state index contributed by atoms with van der Waals surface area (Å²) in [7, 11) is -3.92. The minimum absolute atomic E-state index is 0.226. The van der Waals surface area contributed by atoms with Crippen molar-refractivity contribution in [2.75, 3.05) is 5.75 Å². The summed E-state index contributed by atoms with van der Waals surface area (Å²) in [6.45, 7) is 2.65. The van der Waals surface area contributed by atoms with E-state index < -0.39 is 10.1 Å². The molecule has 0 saturated heterocycles. The van der Waals surface area contributed by atoms with E-state index >= 15 is 0 Å². The van der Waals surface area contributed by atoms with Crippen LogP contribution in [0.25, 0.3) is 21.8 Å². The molecule has 3 aromatic rings. The number of para-hydroxylation sites is 2. The number of aryl methyl sites for hydroxylation is 2. The van der Waals surface area contributed by atoms with Crippen LogP contribution in [-0.2, 0) is 16.7 Å². The van der Waals surface area contributed by atoms with Crippen LogP contribution in [-0.4, -0.2) is 18.7 Å². The molecule has 0 amide bonds. The quantitative estimate of drug-likeness (QED) is 0.457. The lowest BCUT2D eigenvalue weighted by Gasteiger charge is -2.09. The fourth-order valence-corrected chi connectivity index (χ4v) is 3.47. The summed E-state index contributed by atoms with van der Waals surface area (Å²) in [4.78, 5) is 0. The predicted octanol–water partition coefficient (Wildman–Crippen LogP) is 2.87. The van der Waals surface area contributed by atoms with Crippen molar-refractivity contribution >= 4 is 31.9 Å². The number of pyridine rings is 1. The molecule has 0 aliphatic rings. The maximum Gasteiger partial charge on any atom is 0.265 e. The third kappa shape index (κ3) is 2.82. The highest BCUT2D eigenvalue weighted by Crippen LogP contribution is 2.23. The number of nitrogens with zero attached hydrogens (tertiary/aromatic N) is 1. The molecule has 0 spiro atoms. The fourth-order valence-electron chi connectivity index (χ4n) is 2.97. The van der Waals surface area contributed by atoms with Gasteiger partial charge in [-0.3, -0.25) is 4.55 Å². The van der Waals surface area contributed by atoms with Crippen LogP contribution in [0.5, 0.6) is 0 Å². The predicted molar refractivity (Wildman–Crippen MR) is 87.4 cm³/mol. The molecule has 1 heterocycles. The summed E-state index contributed by atoms with van der Waals surface area (Å²) < 4.78 is 33.0. The Morgan fingerprint density at radius 2 is 1.45 bits per heavy atom. The Bertz CT molecular complexity index is 892. The molecule has 0 aliphatic heterocycles. The highest BCUT2D eigenvalue weighted by molar-refractivity contribution is 7.85. The monoisotopic (exact) mass is 316 g/mol. The Labute approximate surface area is 129 Å². The Balaban J connectivity index is 2.18. The molecule has 1 aromatic heterocycles. The molecule has 0 radical (unpaired) electrons. The molecular weight excluding hydrogens is 298 g/mol. The van der Waals surface area contributed by atoms with Crippen molar-refractivity contribution in [2.24, 2.45) is 0 Å². The smallest absolute Gasteiger partial charge is 0.265 e. The van der Waals surface area contributed by atoms with E-state index in [1.165, 1.54) is 5.56 Å². The third-order valence-corrected chi connectivity index (χ3v) is 4.79. The lowest BCUT2D eigenvalue weighted by atomic mass is 10.0. The van der Waals surface area contributed by atoms with Crippen LogP contribution in [0.4, 0.5) is 0 Å². The molecular formula is C17H18NO3S+. The van der Waals surface area contributed by atoms with E-state index in [2.05, 4.69) is 23.6 Å². The first-order chi connectivity index (χ1) is 10.5. The standard InChI is InChI=1S/C17H17NO3S/c1-13-14-7-2-4-9-16(14)18(11-6-12-22(19,20)21)17-10-5-3-8-15(13)17/h2-5,7-10H,6,11-12H2,1H3/p+1. The maximum atomic E-state index is 10.9. The van der Waals surface area contributed by atoms with Crippen LogP contribution in [0.3, 0.4) is 0 Å². The van der Waals surface area contributed by atoms with Gasteiger partial charge in [0.05, 0.1) is 5.75 Å². The molecule has 1 N–H and O–H groups in total. The molecule has 2 aromatic carbocycles. The summed E-state index contributed by atoms with van der Waals surface area (Å²) in [5.41, 5.74) is 3.38. The second kappa shape index (κ2) is 5.66. The van der Waals surface area contributed by atoms with Crippen LogP contribution < -0.4 is 4.57 Å². The van der Waals surface area contributed by atoms with Gasteiger partial charge < -0.3 is 0 Å². The van der Waals surface area contributed by atoms with Crippen LogP contribution in [0.2, 0.25) is 0 Å². The largest absolute Gasteiger partial charge is 0.286 e. The minimum atomic E-state index is -3.92. The first-order valence-electron chi connectivity index (χ1n) is 7.22. The van der Waals surface area contributed by atoms with Crippen molar-refractivity contribution in [3.63, 3.8) is 0 Å². The average Bonchev–Trinajstić information content (AvgIpc) is 2.49. The Morgan fingerprint density at radius 1 is 0.955 bits per heavy atom. The summed E-state index contributed by atoms with van der Waals surface area (Å²) in [5.74, 6) is -0.226. The van der Waals surface area contributed by atoms with Gasteiger partial charge in [-0.25, -0.2) is 0 Å². The number of fused-ring (bicyclic) bond motifs is 2. The molecule has 0 saturated carbocycles. The van der Waals surface area contributed by atoms with Crippen LogP contribution in [0.15, 0.2) is 48.5 Å². The highest BCUT2D eigenvalue weighted by atomic mass is 32.2. The lowest BCUT2D eigenvalue weighted by molar-refractivity contribution is -0.645. The lowest BCUT2D eigenvalue weighted by Crippen LogP contribution is -2.36. The first kappa shape index (κ1) is 14.9. The van der Waals surface area contributed by atoms with Gasteiger partial charge in [-0.1, -0.05) is 24.3 Å². The fraction of sp³-hybridized carbons (Fsp3) is 0.235. The molecule has 0 fully saturated rings. The molecule has 114 valence electrons. The van der Waals surface area contributed by atoms with Gasteiger partial charge in [-0.15, -0.1) is 0 Å². The third-order valence-electron chi connectivity index (χ3n) is 3.98. The molecule has 3 rings (SSSR count). The summed E-state index contributed by atoms with van der Waals surface area (Å²) >= 11 is 0. The van der Waals surface area contributed by atoms with Gasteiger partial charge in [0.15, 0.2) is 6.54 Å². The van der Waals surface area contributed by atoms with E-state index in [0.717, 1.165) is 21.8 Å². The Morgan fingerprint density at radius 3 is 1.95 bits per heavy atom. The van der Waals surface area contributed by atoms with E-state index in [1.807, 2.05) is 36.4 Å². The van der Waals surface area contributed by atoms with E-state index in [1.54, 1.807) is 0 Å².